The molecule has 0 spiro atoms. The van der Waals surface area contributed by atoms with E-state index in [0.29, 0.717) is 15.5 Å². The molecule has 0 fully saturated rings. The van der Waals surface area contributed by atoms with Crippen LogP contribution in [0.2, 0.25) is 5.02 Å². The molecule has 1 aliphatic rings. The first kappa shape index (κ1) is 16.9. The first-order chi connectivity index (χ1) is 12.6. The van der Waals surface area contributed by atoms with Crippen LogP contribution in [-0.4, -0.2) is 16.1 Å². The summed E-state index contributed by atoms with van der Waals surface area (Å²) in [5.41, 5.74) is 6.55. The molecule has 2 aromatic heterocycles. The fraction of sp³-hybridized carbons (Fsp3) is 0. The minimum absolute atomic E-state index is 0.144. The molecule has 26 heavy (non-hydrogen) atoms. The molecule has 0 saturated heterocycles. The fourth-order valence-electron chi connectivity index (χ4n) is 2.42. The molecule has 3 heterocycles. The van der Waals surface area contributed by atoms with Crippen molar-refractivity contribution in [1.82, 2.24) is 10.2 Å². The molecule has 0 unspecified atom stereocenters. The Hall–Kier alpha value is -2.55. The van der Waals surface area contributed by atoms with Crippen molar-refractivity contribution in [3.63, 3.8) is 0 Å². The number of rotatable bonds is 4. The Bertz CT molecular complexity index is 1080. The second-order valence-corrected chi connectivity index (χ2v) is 7.58. The Kier molecular flexibility index (Phi) is 4.54. The van der Waals surface area contributed by atoms with Crippen molar-refractivity contribution in [2.24, 2.45) is 5.73 Å². The smallest absolute Gasteiger partial charge is 0.270 e. The quantitative estimate of drug-likeness (QED) is 0.622. The second-order valence-electron chi connectivity index (χ2n) is 5.29. The maximum absolute atomic E-state index is 11.8. The van der Waals surface area contributed by atoms with E-state index >= 15 is 0 Å². The number of benzene rings is 1. The number of carbonyl (C=O) groups is 1. The topological polar surface area (TPSA) is 90.1 Å². The number of anilines is 1. The van der Waals surface area contributed by atoms with Crippen LogP contribution >= 0.6 is 35.0 Å². The van der Waals surface area contributed by atoms with Crippen molar-refractivity contribution in [3.05, 3.63) is 64.5 Å². The molecule has 130 valence electrons. The third-order valence-electron chi connectivity index (χ3n) is 3.56. The molecule has 1 amide bonds. The maximum Gasteiger partial charge on any atom is 0.270 e. The largest absolute Gasteiger partial charge is 0.427 e. The van der Waals surface area contributed by atoms with Gasteiger partial charge < -0.3 is 15.2 Å². The van der Waals surface area contributed by atoms with Crippen LogP contribution in [0.5, 0.6) is 0 Å². The zero-order valence-corrected chi connectivity index (χ0v) is 15.5. The average molecular weight is 403 g/mol. The number of nitrogens with one attached hydrogen (secondary N) is 1. The minimum atomic E-state index is -0.619. The van der Waals surface area contributed by atoms with Crippen LogP contribution in [0.4, 0.5) is 5.82 Å². The molecule has 0 aliphatic carbocycles. The Labute approximate surface area is 161 Å². The molecule has 0 atom stereocenters. The van der Waals surface area contributed by atoms with E-state index in [2.05, 4.69) is 15.5 Å². The molecule has 6 nitrogen and oxygen atoms in total. The molecule has 3 N–H and O–H groups in total. The third kappa shape index (κ3) is 3.26. The number of carbonyl (C=O) groups excluding carboxylic acids is 1. The van der Waals surface area contributed by atoms with Gasteiger partial charge in [0.05, 0.1) is 4.70 Å². The summed E-state index contributed by atoms with van der Waals surface area (Å²) >= 11 is 8.69. The van der Waals surface area contributed by atoms with Crippen molar-refractivity contribution in [1.29, 1.82) is 0 Å². The Morgan fingerprint density at radius 1 is 1.27 bits per heavy atom. The molecule has 1 aliphatic heterocycles. The van der Waals surface area contributed by atoms with Crippen molar-refractivity contribution in [2.75, 3.05) is 5.32 Å². The number of aromatic nitrogens is 2. The Morgan fingerprint density at radius 2 is 2.15 bits per heavy atom. The van der Waals surface area contributed by atoms with E-state index in [4.69, 9.17) is 21.5 Å². The van der Waals surface area contributed by atoms with Crippen LogP contribution in [0, 0.1) is 0 Å². The maximum atomic E-state index is 11.8. The lowest BCUT2D eigenvalue weighted by Crippen LogP contribution is -2.14. The van der Waals surface area contributed by atoms with Crippen molar-refractivity contribution >= 4 is 56.8 Å². The number of allylic oxidation sites excluding steroid dienone is 2. The number of amides is 1. The number of hydrogen-bond acceptors (Lipinski definition) is 7. The zero-order valence-electron chi connectivity index (χ0n) is 13.1. The number of halogens is 1. The van der Waals surface area contributed by atoms with E-state index in [9.17, 15) is 4.79 Å². The lowest BCUT2D eigenvalue weighted by Gasteiger charge is -2.11. The van der Waals surface area contributed by atoms with Gasteiger partial charge in [0.1, 0.15) is 23.3 Å². The van der Waals surface area contributed by atoms with Crippen LogP contribution in [-0.2, 0) is 4.18 Å². The molecule has 0 bridgehead atoms. The van der Waals surface area contributed by atoms with Gasteiger partial charge in [0.2, 0.25) is 0 Å². The normalized spacial score (nSPS) is 13.3. The molecular formula is C17H11ClN4O2S2. The van der Waals surface area contributed by atoms with E-state index in [0.717, 1.165) is 20.9 Å². The molecule has 0 saturated carbocycles. The van der Waals surface area contributed by atoms with Gasteiger partial charge in [0.25, 0.3) is 5.91 Å². The molecule has 9 heteroatoms. The molecule has 0 radical (unpaired) electrons. The number of fused-ring (bicyclic) bond motifs is 1. The monoisotopic (exact) mass is 402 g/mol. The summed E-state index contributed by atoms with van der Waals surface area (Å²) in [5.74, 6) is -0.0988. The van der Waals surface area contributed by atoms with Crippen molar-refractivity contribution in [2.45, 2.75) is 0 Å². The molecular weight excluding hydrogens is 392 g/mol. The number of hydrogen-bond donors (Lipinski definition) is 2. The summed E-state index contributed by atoms with van der Waals surface area (Å²) in [6.07, 6.45) is 5.20. The zero-order chi connectivity index (χ0) is 18.1. The van der Waals surface area contributed by atoms with Gasteiger partial charge >= 0.3 is 0 Å². The van der Waals surface area contributed by atoms with Gasteiger partial charge in [-0.25, -0.2) is 0 Å². The molecule has 1 aromatic carbocycles. The van der Waals surface area contributed by atoms with Gasteiger partial charge in [0.15, 0.2) is 11.5 Å². The van der Waals surface area contributed by atoms with E-state index in [1.54, 1.807) is 12.3 Å². The van der Waals surface area contributed by atoms with Gasteiger partial charge in [-0.15, -0.1) is 21.5 Å². The summed E-state index contributed by atoms with van der Waals surface area (Å²) < 4.78 is 5.86. The highest BCUT2D eigenvalue weighted by Gasteiger charge is 2.18. The van der Waals surface area contributed by atoms with Crippen molar-refractivity contribution < 1.29 is 8.98 Å². The highest BCUT2D eigenvalue weighted by atomic mass is 35.5. The summed E-state index contributed by atoms with van der Waals surface area (Å²) in [7, 11) is 0. The molecule has 4 rings (SSSR count). The summed E-state index contributed by atoms with van der Waals surface area (Å²) in [4.78, 5) is 12.7. The Balaban J connectivity index is 1.85. The van der Waals surface area contributed by atoms with Crippen LogP contribution in [0.3, 0.4) is 0 Å². The number of primary amides is 1. The SMILES string of the molecule is NC(=O)c1nnc(NC2=CC=COS2)c2cc(-c3cccc(Cl)c3)sc12. The first-order valence-electron chi connectivity index (χ1n) is 7.45. The standard InChI is InChI=1S/C17H11ClN4O2S2/c18-10-4-1-3-9(7-10)12-8-11-15(25-12)14(16(19)23)21-22-17(11)20-13-5-2-6-24-26-13/h1-8H,(H2,19,23)(H,20,22). The number of nitrogens with zero attached hydrogens (tertiary/aromatic N) is 2. The number of thiophene rings is 1. The third-order valence-corrected chi connectivity index (χ3v) is 5.61. The van der Waals surface area contributed by atoms with Crippen LogP contribution < -0.4 is 11.1 Å². The van der Waals surface area contributed by atoms with E-state index in [-0.39, 0.29) is 5.69 Å². The lowest BCUT2D eigenvalue weighted by molar-refractivity contribution is 0.0996. The van der Waals surface area contributed by atoms with Crippen LogP contribution in [0.15, 0.2) is 53.8 Å². The van der Waals surface area contributed by atoms with Crippen LogP contribution in [0.25, 0.3) is 20.5 Å². The predicted molar refractivity (Wildman–Crippen MR) is 106 cm³/mol. The minimum Gasteiger partial charge on any atom is -0.427 e. The highest BCUT2D eigenvalue weighted by molar-refractivity contribution is 7.98. The van der Waals surface area contributed by atoms with Gasteiger partial charge in [0, 0.05) is 15.3 Å². The van der Waals surface area contributed by atoms with Gasteiger partial charge in [-0.3, -0.25) is 4.79 Å². The van der Waals surface area contributed by atoms with Crippen LogP contribution in [0.1, 0.15) is 10.5 Å². The van der Waals surface area contributed by atoms with Gasteiger partial charge in [-0.1, -0.05) is 23.7 Å². The molecule has 3 aromatic rings. The van der Waals surface area contributed by atoms with Gasteiger partial charge in [-0.05, 0) is 35.9 Å². The first-order valence-corrected chi connectivity index (χ1v) is 9.38. The van der Waals surface area contributed by atoms with Crippen molar-refractivity contribution in [3.8, 4) is 10.4 Å². The summed E-state index contributed by atoms with van der Waals surface area (Å²) in [6, 6.07) is 9.44. The van der Waals surface area contributed by atoms with E-state index in [1.807, 2.05) is 36.4 Å². The highest BCUT2D eigenvalue weighted by Crippen LogP contribution is 2.39. The lowest BCUT2D eigenvalue weighted by atomic mass is 10.1. The fourth-order valence-corrected chi connectivity index (χ4v) is 4.26. The summed E-state index contributed by atoms with van der Waals surface area (Å²) in [6.45, 7) is 0. The number of nitrogens with two attached hydrogens (primary N) is 1. The predicted octanol–water partition coefficient (Wildman–Crippen LogP) is 4.56. The van der Waals surface area contributed by atoms with Gasteiger partial charge in [-0.2, -0.15) is 0 Å². The second kappa shape index (κ2) is 6.99. The van der Waals surface area contributed by atoms with E-state index < -0.39 is 5.91 Å². The average Bonchev–Trinajstić information content (AvgIpc) is 3.08. The Morgan fingerprint density at radius 3 is 2.88 bits per heavy atom. The summed E-state index contributed by atoms with van der Waals surface area (Å²) in [5, 5.41) is 13.4. The van der Waals surface area contributed by atoms with E-state index in [1.165, 1.54) is 23.4 Å².